The maximum absolute atomic E-state index is 13.3. The van der Waals surface area contributed by atoms with Crippen molar-refractivity contribution in [1.29, 1.82) is 0 Å². The van der Waals surface area contributed by atoms with Gasteiger partial charge in [0.1, 0.15) is 5.82 Å². The third kappa shape index (κ3) is 6.72. The fourth-order valence-electron chi connectivity index (χ4n) is 3.66. The van der Waals surface area contributed by atoms with E-state index < -0.39 is 28.9 Å². The smallest absolute Gasteiger partial charge is 0.383 e. The van der Waals surface area contributed by atoms with Crippen LogP contribution in [0, 0.1) is 5.92 Å². The summed E-state index contributed by atoms with van der Waals surface area (Å²) in [6.45, 7) is 5.72. The number of hydrogen-bond acceptors (Lipinski definition) is 5. The predicted octanol–water partition coefficient (Wildman–Crippen LogP) is 3.06. The second kappa shape index (κ2) is 11.4. The SMILES string of the molecule is CCCCN(C(=O)CN(C)Cc1ccccc1C(F)(F)F)c1c(N)n(CC(C)C)c(=O)[nH]c1=O. The first-order valence-corrected chi connectivity index (χ1v) is 11.1. The van der Waals surface area contributed by atoms with Crippen molar-refractivity contribution in [3.63, 3.8) is 0 Å². The zero-order chi connectivity index (χ0) is 25.6. The summed E-state index contributed by atoms with van der Waals surface area (Å²) < 4.78 is 41.2. The van der Waals surface area contributed by atoms with Gasteiger partial charge < -0.3 is 10.6 Å². The number of aromatic nitrogens is 2. The van der Waals surface area contributed by atoms with Gasteiger partial charge in [0.2, 0.25) is 5.91 Å². The number of alkyl halides is 3. The van der Waals surface area contributed by atoms with Crippen molar-refractivity contribution in [2.75, 3.05) is 30.8 Å². The summed E-state index contributed by atoms with van der Waals surface area (Å²) in [6.07, 6.45) is -3.23. The number of hydrogen-bond donors (Lipinski definition) is 2. The maximum atomic E-state index is 13.3. The number of benzene rings is 1. The van der Waals surface area contributed by atoms with E-state index in [1.807, 2.05) is 20.8 Å². The molecule has 1 aromatic carbocycles. The molecule has 2 rings (SSSR count). The second-order valence-corrected chi connectivity index (χ2v) is 8.72. The number of nitrogens with two attached hydrogens (primary N) is 1. The van der Waals surface area contributed by atoms with Crippen LogP contribution in [0.2, 0.25) is 0 Å². The molecule has 0 aliphatic carbocycles. The van der Waals surface area contributed by atoms with Crippen LogP contribution in [0.4, 0.5) is 24.7 Å². The number of H-pyrrole nitrogens is 1. The Kier molecular flexibility index (Phi) is 9.08. The molecule has 2 aromatic rings. The minimum atomic E-state index is -4.51. The summed E-state index contributed by atoms with van der Waals surface area (Å²) in [5.41, 5.74) is 3.88. The van der Waals surface area contributed by atoms with Crippen LogP contribution >= 0.6 is 0 Å². The largest absolute Gasteiger partial charge is 0.416 e. The van der Waals surface area contributed by atoms with Gasteiger partial charge in [-0.15, -0.1) is 0 Å². The van der Waals surface area contributed by atoms with Gasteiger partial charge in [-0.25, -0.2) is 4.79 Å². The number of rotatable bonds is 10. The first-order chi connectivity index (χ1) is 15.9. The fourth-order valence-corrected chi connectivity index (χ4v) is 3.66. The molecule has 1 heterocycles. The molecule has 11 heteroatoms. The highest BCUT2D eigenvalue weighted by Crippen LogP contribution is 2.32. The Morgan fingerprint density at radius 2 is 1.85 bits per heavy atom. The Bertz CT molecular complexity index is 1110. The zero-order valence-electron chi connectivity index (χ0n) is 19.9. The minimum Gasteiger partial charge on any atom is -0.383 e. The van der Waals surface area contributed by atoms with Crippen molar-refractivity contribution in [1.82, 2.24) is 14.5 Å². The summed E-state index contributed by atoms with van der Waals surface area (Å²) in [4.78, 5) is 43.0. The quantitative estimate of drug-likeness (QED) is 0.541. The Morgan fingerprint density at radius 1 is 1.21 bits per heavy atom. The number of nitrogens with zero attached hydrogens (tertiary/aromatic N) is 3. The lowest BCUT2D eigenvalue weighted by Crippen LogP contribution is -2.45. The number of aromatic amines is 1. The van der Waals surface area contributed by atoms with Crippen molar-refractivity contribution in [3.05, 3.63) is 56.2 Å². The Hall–Kier alpha value is -3.08. The van der Waals surface area contributed by atoms with Crippen LogP contribution in [0.5, 0.6) is 0 Å². The van der Waals surface area contributed by atoms with Crippen LogP contribution in [0.1, 0.15) is 44.7 Å². The number of carbonyl (C=O) groups is 1. The summed E-state index contributed by atoms with van der Waals surface area (Å²) in [5, 5.41) is 0. The molecule has 0 unspecified atom stereocenters. The van der Waals surface area contributed by atoms with Crippen molar-refractivity contribution < 1.29 is 18.0 Å². The van der Waals surface area contributed by atoms with Gasteiger partial charge in [-0.1, -0.05) is 45.4 Å². The van der Waals surface area contributed by atoms with E-state index in [0.717, 1.165) is 12.5 Å². The minimum absolute atomic E-state index is 0.0354. The second-order valence-electron chi connectivity index (χ2n) is 8.72. The van der Waals surface area contributed by atoms with Gasteiger partial charge in [0.25, 0.3) is 5.56 Å². The Balaban J connectivity index is 2.36. The van der Waals surface area contributed by atoms with Gasteiger partial charge in [0.05, 0.1) is 12.1 Å². The molecule has 0 saturated carbocycles. The highest BCUT2D eigenvalue weighted by atomic mass is 19.4. The number of halogens is 3. The molecule has 1 amide bonds. The van der Waals surface area contributed by atoms with Crippen molar-refractivity contribution in [3.8, 4) is 0 Å². The fraction of sp³-hybridized carbons (Fsp3) is 0.522. The standard InChI is InChI=1S/C23H32F3N5O3/c1-5-6-11-30(19-20(27)31(12-15(2)3)22(34)28-21(19)33)18(32)14-29(4)13-16-9-7-8-10-17(16)23(24,25)26/h7-10,15H,5-6,11-14,27H2,1-4H3,(H,28,33,34). The average molecular weight is 484 g/mol. The third-order valence-corrected chi connectivity index (χ3v) is 5.24. The molecule has 1 aromatic heterocycles. The lowest BCUT2D eigenvalue weighted by atomic mass is 10.1. The molecule has 0 fully saturated rings. The first-order valence-electron chi connectivity index (χ1n) is 11.1. The van der Waals surface area contributed by atoms with Crippen LogP contribution < -0.4 is 21.9 Å². The van der Waals surface area contributed by atoms with Gasteiger partial charge in [-0.3, -0.25) is 24.0 Å². The third-order valence-electron chi connectivity index (χ3n) is 5.24. The first kappa shape index (κ1) is 27.2. The number of nitrogen functional groups attached to an aromatic ring is 1. The van der Waals surface area contributed by atoms with E-state index in [-0.39, 0.29) is 49.2 Å². The molecular weight excluding hydrogens is 451 g/mol. The van der Waals surface area contributed by atoms with Crippen molar-refractivity contribution >= 4 is 17.4 Å². The molecule has 0 aliphatic heterocycles. The van der Waals surface area contributed by atoms with E-state index in [4.69, 9.17) is 5.73 Å². The van der Waals surface area contributed by atoms with Gasteiger partial charge >= 0.3 is 11.9 Å². The van der Waals surface area contributed by atoms with E-state index >= 15 is 0 Å². The number of amides is 1. The van der Waals surface area contributed by atoms with Gasteiger partial charge in [-0.2, -0.15) is 13.2 Å². The lowest BCUT2D eigenvalue weighted by molar-refractivity contribution is -0.138. The molecule has 0 atom stereocenters. The van der Waals surface area contributed by atoms with Gasteiger partial charge in [0, 0.05) is 19.6 Å². The summed E-state index contributed by atoms with van der Waals surface area (Å²) in [6, 6.07) is 5.18. The topological polar surface area (TPSA) is 104 Å². The number of likely N-dealkylation sites (N-methyl/N-ethyl adjacent to an activating group) is 1. The molecule has 0 radical (unpaired) electrons. The van der Waals surface area contributed by atoms with E-state index in [9.17, 15) is 27.6 Å². The van der Waals surface area contributed by atoms with Crippen LogP contribution in [0.25, 0.3) is 0 Å². The van der Waals surface area contributed by atoms with Crippen LogP contribution in [-0.2, 0) is 24.1 Å². The van der Waals surface area contributed by atoms with Gasteiger partial charge in [0.15, 0.2) is 5.69 Å². The molecule has 8 nitrogen and oxygen atoms in total. The van der Waals surface area contributed by atoms with Gasteiger partial charge in [-0.05, 0) is 31.0 Å². The highest BCUT2D eigenvalue weighted by Gasteiger charge is 2.33. The maximum Gasteiger partial charge on any atom is 0.416 e. The lowest BCUT2D eigenvalue weighted by Gasteiger charge is -2.27. The molecule has 0 aliphatic rings. The van der Waals surface area contributed by atoms with E-state index in [2.05, 4.69) is 4.98 Å². The van der Waals surface area contributed by atoms with E-state index in [1.165, 1.54) is 39.6 Å². The molecule has 188 valence electrons. The average Bonchev–Trinajstić information content (AvgIpc) is 2.72. The Morgan fingerprint density at radius 3 is 2.44 bits per heavy atom. The Labute approximate surface area is 196 Å². The van der Waals surface area contributed by atoms with Crippen LogP contribution in [-0.4, -0.2) is 40.5 Å². The summed E-state index contributed by atoms with van der Waals surface area (Å²) in [5.74, 6) is -0.567. The molecule has 3 N–H and O–H groups in total. The van der Waals surface area contributed by atoms with Crippen LogP contribution in [0.15, 0.2) is 33.9 Å². The molecule has 34 heavy (non-hydrogen) atoms. The monoisotopic (exact) mass is 483 g/mol. The zero-order valence-corrected chi connectivity index (χ0v) is 19.9. The van der Waals surface area contributed by atoms with Crippen molar-refractivity contribution in [2.45, 2.75) is 52.9 Å². The van der Waals surface area contributed by atoms with Crippen LogP contribution in [0.3, 0.4) is 0 Å². The number of nitrogens with one attached hydrogen (secondary N) is 1. The number of unbranched alkanes of at least 4 members (excludes halogenated alkanes) is 1. The molecular formula is C23H32F3N5O3. The van der Waals surface area contributed by atoms with Crippen molar-refractivity contribution in [2.24, 2.45) is 5.92 Å². The highest BCUT2D eigenvalue weighted by molar-refractivity contribution is 5.96. The summed E-state index contributed by atoms with van der Waals surface area (Å²) >= 11 is 0. The predicted molar refractivity (Wildman–Crippen MR) is 126 cm³/mol. The number of anilines is 2. The van der Waals surface area contributed by atoms with E-state index in [0.29, 0.717) is 6.42 Å². The summed E-state index contributed by atoms with van der Waals surface area (Å²) in [7, 11) is 1.52. The molecule has 0 bridgehead atoms. The molecule has 0 saturated heterocycles. The molecule has 0 spiro atoms. The van der Waals surface area contributed by atoms with E-state index in [1.54, 1.807) is 0 Å². The normalized spacial score (nSPS) is 11.9. The number of carbonyl (C=O) groups excluding carboxylic acids is 1.